The molecule has 0 aliphatic heterocycles. The maximum atomic E-state index is 4.98. The van der Waals surface area contributed by atoms with Gasteiger partial charge in [0.2, 0.25) is 0 Å². The molecule has 1 heterocycles. The molecule has 0 aliphatic rings. The molecule has 0 unspecified atom stereocenters. The molecule has 4 nitrogen and oxygen atoms in total. The Bertz CT molecular complexity index is 508. The standard InChI is InChI=1S/C16H21N3O/c1-3-13-4-6-15(7-5-13)16-18-11-14(12-19-16)10-17-8-9-20-2/h4-7,11-12,17H,3,8-10H2,1-2H3. The first-order chi connectivity index (χ1) is 9.83. The quantitative estimate of drug-likeness (QED) is 0.786. The Labute approximate surface area is 120 Å². The lowest BCUT2D eigenvalue weighted by atomic mass is 10.1. The summed E-state index contributed by atoms with van der Waals surface area (Å²) in [5.41, 5.74) is 3.46. The first-order valence-corrected chi connectivity index (χ1v) is 6.93. The summed E-state index contributed by atoms with van der Waals surface area (Å²) in [6.07, 6.45) is 4.79. The third kappa shape index (κ3) is 4.11. The van der Waals surface area contributed by atoms with Gasteiger partial charge in [-0.1, -0.05) is 31.2 Å². The zero-order chi connectivity index (χ0) is 14.2. The fourth-order valence-electron chi connectivity index (χ4n) is 1.89. The van der Waals surface area contributed by atoms with Gasteiger partial charge in [0.15, 0.2) is 5.82 Å². The van der Waals surface area contributed by atoms with Gasteiger partial charge in [0.05, 0.1) is 6.61 Å². The minimum Gasteiger partial charge on any atom is -0.383 e. The SMILES string of the molecule is CCc1ccc(-c2ncc(CNCCOC)cn2)cc1. The second-order valence-electron chi connectivity index (χ2n) is 4.63. The molecule has 0 amide bonds. The molecular formula is C16H21N3O. The first-order valence-electron chi connectivity index (χ1n) is 6.93. The van der Waals surface area contributed by atoms with E-state index in [9.17, 15) is 0 Å². The van der Waals surface area contributed by atoms with Crippen molar-refractivity contribution in [3.8, 4) is 11.4 Å². The van der Waals surface area contributed by atoms with Crippen molar-refractivity contribution >= 4 is 0 Å². The van der Waals surface area contributed by atoms with Gasteiger partial charge in [0, 0.05) is 43.7 Å². The summed E-state index contributed by atoms with van der Waals surface area (Å²) in [7, 11) is 1.70. The normalized spacial score (nSPS) is 10.7. The Morgan fingerprint density at radius 2 is 1.75 bits per heavy atom. The maximum Gasteiger partial charge on any atom is 0.159 e. The Morgan fingerprint density at radius 3 is 2.35 bits per heavy atom. The van der Waals surface area contributed by atoms with E-state index in [1.54, 1.807) is 7.11 Å². The molecule has 0 atom stereocenters. The minimum absolute atomic E-state index is 0.711. The number of nitrogens with one attached hydrogen (secondary N) is 1. The van der Waals surface area contributed by atoms with E-state index in [2.05, 4.69) is 46.5 Å². The minimum atomic E-state index is 0.711. The highest BCUT2D eigenvalue weighted by Gasteiger charge is 2.01. The first kappa shape index (κ1) is 14.6. The van der Waals surface area contributed by atoms with E-state index < -0.39 is 0 Å². The smallest absolute Gasteiger partial charge is 0.159 e. The van der Waals surface area contributed by atoms with Crippen LogP contribution in [0.1, 0.15) is 18.1 Å². The van der Waals surface area contributed by atoms with Crippen molar-refractivity contribution < 1.29 is 4.74 Å². The third-order valence-corrected chi connectivity index (χ3v) is 3.14. The molecule has 0 aliphatic carbocycles. The number of aryl methyl sites for hydroxylation is 1. The lowest BCUT2D eigenvalue weighted by molar-refractivity contribution is 0.199. The highest BCUT2D eigenvalue weighted by molar-refractivity contribution is 5.55. The van der Waals surface area contributed by atoms with Crippen molar-refractivity contribution in [2.45, 2.75) is 19.9 Å². The van der Waals surface area contributed by atoms with Crippen LogP contribution in [0.3, 0.4) is 0 Å². The van der Waals surface area contributed by atoms with Crippen LogP contribution in [0.4, 0.5) is 0 Å². The molecule has 1 N–H and O–H groups in total. The molecule has 0 fully saturated rings. The average Bonchev–Trinajstić information content (AvgIpc) is 2.52. The number of ether oxygens (including phenoxy) is 1. The Balaban J connectivity index is 1.96. The van der Waals surface area contributed by atoms with Gasteiger partial charge < -0.3 is 10.1 Å². The number of nitrogens with zero attached hydrogens (tertiary/aromatic N) is 2. The van der Waals surface area contributed by atoms with Crippen LogP contribution in [0.25, 0.3) is 11.4 Å². The molecule has 0 saturated heterocycles. The van der Waals surface area contributed by atoms with Crippen LogP contribution in [-0.4, -0.2) is 30.2 Å². The maximum absolute atomic E-state index is 4.98. The Morgan fingerprint density at radius 1 is 1.05 bits per heavy atom. The molecule has 2 aromatic rings. The second kappa shape index (κ2) is 7.72. The molecule has 1 aromatic carbocycles. The fraction of sp³-hybridized carbons (Fsp3) is 0.375. The van der Waals surface area contributed by atoms with Crippen molar-refractivity contribution in [1.82, 2.24) is 15.3 Å². The van der Waals surface area contributed by atoms with E-state index in [-0.39, 0.29) is 0 Å². The third-order valence-electron chi connectivity index (χ3n) is 3.14. The molecule has 2 rings (SSSR count). The highest BCUT2D eigenvalue weighted by atomic mass is 16.5. The summed E-state index contributed by atoms with van der Waals surface area (Å²) >= 11 is 0. The van der Waals surface area contributed by atoms with Crippen LogP contribution < -0.4 is 5.32 Å². The average molecular weight is 271 g/mol. The molecule has 106 valence electrons. The monoisotopic (exact) mass is 271 g/mol. The van der Waals surface area contributed by atoms with E-state index >= 15 is 0 Å². The summed E-state index contributed by atoms with van der Waals surface area (Å²) in [5, 5.41) is 3.27. The van der Waals surface area contributed by atoms with E-state index in [4.69, 9.17) is 4.74 Å². The molecule has 20 heavy (non-hydrogen) atoms. The number of benzene rings is 1. The van der Waals surface area contributed by atoms with Crippen molar-refractivity contribution in [2.24, 2.45) is 0 Å². The largest absolute Gasteiger partial charge is 0.383 e. The lowest BCUT2D eigenvalue weighted by Crippen LogP contribution is -2.18. The van der Waals surface area contributed by atoms with Crippen LogP contribution in [0, 0.1) is 0 Å². The van der Waals surface area contributed by atoms with E-state index in [0.717, 1.165) is 36.5 Å². The van der Waals surface area contributed by atoms with Gasteiger partial charge in [-0.15, -0.1) is 0 Å². The van der Waals surface area contributed by atoms with Gasteiger partial charge >= 0.3 is 0 Å². The van der Waals surface area contributed by atoms with Gasteiger partial charge in [-0.2, -0.15) is 0 Å². The molecule has 0 radical (unpaired) electrons. The Hall–Kier alpha value is -1.78. The predicted octanol–water partition coefficient (Wildman–Crippen LogP) is 2.44. The lowest BCUT2D eigenvalue weighted by Gasteiger charge is -2.05. The van der Waals surface area contributed by atoms with Gasteiger partial charge in [-0.3, -0.25) is 0 Å². The van der Waals surface area contributed by atoms with Crippen molar-refractivity contribution in [1.29, 1.82) is 0 Å². The van der Waals surface area contributed by atoms with Crippen LogP contribution in [0.5, 0.6) is 0 Å². The fourth-order valence-corrected chi connectivity index (χ4v) is 1.89. The van der Waals surface area contributed by atoms with Gasteiger partial charge in [-0.25, -0.2) is 9.97 Å². The number of rotatable bonds is 7. The summed E-state index contributed by atoms with van der Waals surface area (Å²) in [4.78, 5) is 8.84. The zero-order valence-electron chi connectivity index (χ0n) is 12.1. The van der Waals surface area contributed by atoms with Crippen LogP contribution in [0.2, 0.25) is 0 Å². The van der Waals surface area contributed by atoms with Gasteiger partial charge in [0.1, 0.15) is 0 Å². The second-order valence-corrected chi connectivity index (χ2v) is 4.63. The highest BCUT2D eigenvalue weighted by Crippen LogP contribution is 2.15. The van der Waals surface area contributed by atoms with Crippen molar-refractivity contribution in [3.63, 3.8) is 0 Å². The predicted molar refractivity (Wildman–Crippen MR) is 80.4 cm³/mol. The summed E-state index contributed by atoms with van der Waals surface area (Å²) in [6.45, 7) is 4.45. The van der Waals surface area contributed by atoms with Crippen LogP contribution in [-0.2, 0) is 17.7 Å². The van der Waals surface area contributed by atoms with Gasteiger partial charge in [0.25, 0.3) is 0 Å². The molecule has 4 heteroatoms. The molecule has 0 bridgehead atoms. The Kier molecular flexibility index (Phi) is 5.65. The molecule has 1 aromatic heterocycles. The number of hydrogen-bond acceptors (Lipinski definition) is 4. The van der Waals surface area contributed by atoms with Gasteiger partial charge in [-0.05, 0) is 12.0 Å². The zero-order valence-corrected chi connectivity index (χ0v) is 12.1. The summed E-state index contributed by atoms with van der Waals surface area (Å²) < 4.78 is 4.98. The number of aromatic nitrogens is 2. The molecule has 0 spiro atoms. The van der Waals surface area contributed by atoms with E-state index in [1.807, 2.05) is 12.4 Å². The number of methoxy groups -OCH3 is 1. The molecule has 0 saturated carbocycles. The van der Waals surface area contributed by atoms with Crippen molar-refractivity contribution in [2.75, 3.05) is 20.3 Å². The summed E-state index contributed by atoms with van der Waals surface area (Å²) in [5.74, 6) is 0.772. The van der Waals surface area contributed by atoms with Crippen LogP contribution >= 0.6 is 0 Å². The van der Waals surface area contributed by atoms with Crippen molar-refractivity contribution in [3.05, 3.63) is 47.8 Å². The number of hydrogen-bond donors (Lipinski definition) is 1. The van der Waals surface area contributed by atoms with Crippen LogP contribution in [0.15, 0.2) is 36.7 Å². The summed E-state index contributed by atoms with van der Waals surface area (Å²) in [6, 6.07) is 8.40. The van der Waals surface area contributed by atoms with E-state index in [0.29, 0.717) is 6.61 Å². The molecular weight excluding hydrogens is 250 g/mol. The van der Waals surface area contributed by atoms with E-state index in [1.165, 1.54) is 5.56 Å². The topological polar surface area (TPSA) is 47.0 Å².